The first-order chi connectivity index (χ1) is 16.9. The Morgan fingerprint density at radius 3 is 2.40 bits per heavy atom. The lowest BCUT2D eigenvalue weighted by atomic mass is 10.1. The molecule has 3 aromatic rings. The van der Waals surface area contributed by atoms with Crippen LogP contribution < -0.4 is 10.2 Å². The van der Waals surface area contributed by atoms with Crippen molar-refractivity contribution in [2.24, 2.45) is 0 Å². The molecule has 0 saturated carbocycles. The van der Waals surface area contributed by atoms with Crippen molar-refractivity contribution < 1.29 is 28.3 Å². The summed E-state index contributed by atoms with van der Waals surface area (Å²) in [6.45, 7) is 2.12. The highest BCUT2D eigenvalue weighted by Crippen LogP contribution is 2.29. The van der Waals surface area contributed by atoms with E-state index in [1.165, 1.54) is 52.6 Å². The summed E-state index contributed by atoms with van der Waals surface area (Å²) in [5, 5.41) is 4.56. The van der Waals surface area contributed by atoms with E-state index in [2.05, 4.69) is 5.32 Å². The van der Waals surface area contributed by atoms with Crippen LogP contribution in [-0.2, 0) is 20.9 Å². The number of imide groups is 1. The lowest BCUT2D eigenvalue weighted by Gasteiger charge is -2.21. The van der Waals surface area contributed by atoms with Gasteiger partial charge in [-0.05, 0) is 66.9 Å². The first-order valence-electron chi connectivity index (χ1n) is 10.9. The van der Waals surface area contributed by atoms with Crippen molar-refractivity contribution in [1.82, 2.24) is 4.90 Å². The zero-order valence-corrected chi connectivity index (χ0v) is 19.6. The van der Waals surface area contributed by atoms with Crippen LogP contribution in [0.1, 0.15) is 28.6 Å². The van der Waals surface area contributed by atoms with Crippen molar-refractivity contribution in [2.75, 3.05) is 16.8 Å². The van der Waals surface area contributed by atoms with E-state index >= 15 is 0 Å². The highest BCUT2D eigenvalue weighted by molar-refractivity contribution is 7.09. The molecule has 0 spiro atoms. The molecule has 1 saturated heterocycles. The Balaban J connectivity index is 1.51. The van der Waals surface area contributed by atoms with E-state index < -0.39 is 35.7 Å². The van der Waals surface area contributed by atoms with Crippen molar-refractivity contribution in [3.05, 3.63) is 82.3 Å². The van der Waals surface area contributed by atoms with E-state index in [0.29, 0.717) is 11.3 Å². The fourth-order valence-corrected chi connectivity index (χ4v) is 4.41. The van der Waals surface area contributed by atoms with Gasteiger partial charge in [0.05, 0.1) is 30.8 Å². The molecule has 4 amide bonds. The maximum atomic E-state index is 13.4. The monoisotopic (exact) mass is 495 g/mol. The van der Waals surface area contributed by atoms with Gasteiger partial charge in [0.1, 0.15) is 11.9 Å². The summed E-state index contributed by atoms with van der Waals surface area (Å²) in [5.74, 6) is -2.00. The molecule has 1 N–H and O–H groups in total. The van der Waals surface area contributed by atoms with Crippen LogP contribution in [-0.4, -0.2) is 41.4 Å². The molecule has 0 aliphatic carbocycles. The van der Waals surface area contributed by atoms with Gasteiger partial charge >= 0.3 is 12.0 Å². The maximum absolute atomic E-state index is 13.4. The summed E-state index contributed by atoms with van der Waals surface area (Å²) in [5.41, 5.74) is 1.01. The Morgan fingerprint density at radius 2 is 1.77 bits per heavy atom. The lowest BCUT2D eigenvalue weighted by molar-refractivity contribution is -0.124. The van der Waals surface area contributed by atoms with Gasteiger partial charge in [-0.15, -0.1) is 11.3 Å². The molecule has 1 atom stereocenters. The van der Waals surface area contributed by atoms with Crippen LogP contribution >= 0.6 is 11.3 Å². The van der Waals surface area contributed by atoms with Crippen molar-refractivity contribution >= 4 is 46.5 Å². The summed E-state index contributed by atoms with van der Waals surface area (Å²) in [4.78, 5) is 54.2. The predicted octanol–water partition coefficient (Wildman–Crippen LogP) is 4.43. The van der Waals surface area contributed by atoms with Crippen LogP contribution in [0.2, 0.25) is 0 Å². The minimum atomic E-state index is -1.03. The third-order valence-corrected chi connectivity index (χ3v) is 6.23. The second-order valence-electron chi connectivity index (χ2n) is 7.71. The number of benzene rings is 2. The molecular weight excluding hydrogens is 473 g/mol. The smallest absolute Gasteiger partial charge is 0.338 e. The van der Waals surface area contributed by atoms with Gasteiger partial charge in [-0.2, -0.15) is 0 Å². The van der Waals surface area contributed by atoms with Gasteiger partial charge in [-0.3, -0.25) is 9.59 Å². The minimum Gasteiger partial charge on any atom is -0.462 e. The molecular formula is C25H22FN3O5S. The topological polar surface area (TPSA) is 96.0 Å². The molecule has 1 fully saturated rings. The number of hydrogen-bond donors (Lipinski definition) is 1. The van der Waals surface area contributed by atoms with E-state index in [0.717, 1.165) is 9.78 Å². The van der Waals surface area contributed by atoms with Gasteiger partial charge in [0.25, 0.3) is 5.91 Å². The molecule has 1 aliphatic rings. The van der Waals surface area contributed by atoms with E-state index in [4.69, 9.17) is 4.74 Å². The lowest BCUT2D eigenvalue weighted by Crippen LogP contribution is -2.37. The van der Waals surface area contributed by atoms with Crippen molar-refractivity contribution in [3.8, 4) is 0 Å². The Kier molecular flexibility index (Phi) is 7.21. The zero-order chi connectivity index (χ0) is 24.9. The summed E-state index contributed by atoms with van der Waals surface area (Å²) >= 11 is 1.43. The quantitative estimate of drug-likeness (QED) is 0.368. The average Bonchev–Trinajstić information content (AvgIpc) is 3.43. The van der Waals surface area contributed by atoms with Gasteiger partial charge in [-0.1, -0.05) is 6.07 Å². The predicted molar refractivity (Wildman–Crippen MR) is 129 cm³/mol. The third kappa shape index (κ3) is 5.38. The van der Waals surface area contributed by atoms with Gasteiger partial charge in [0.15, 0.2) is 0 Å². The fraction of sp³-hybridized carbons (Fsp3) is 0.200. The normalized spacial score (nSPS) is 15.4. The van der Waals surface area contributed by atoms with Gasteiger partial charge in [-0.25, -0.2) is 18.9 Å². The Hall–Kier alpha value is -4.05. The molecule has 8 nitrogen and oxygen atoms in total. The van der Waals surface area contributed by atoms with E-state index in [1.54, 1.807) is 19.1 Å². The molecule has 10 heteroatoms. The molecule has 0 bridgehead atoms. The highest BCUT2D eigenvalue weighted by atomic mass is 32.1. The second-order valence-corrected chi connectivity index (χ2v) is 8.74. The van der Waals surface area contributed by atoms with Crippen molar-refractivity contribution in [2.45, 2.75) is 25.9 Å². The van der Waals surface area contributed by atoms with E-state index in [-0.39, 0.29) is 25.3 Å². The van der Waals surface area contributed by atoms with E-state index in [9.17, 15) is 23.6 Å². The number of esters is 1. The Bertz CT molecular complexity index is 1230. The molecule has 2 heterocycles. The zero-order valence-electron chi connectivity index (χ0n) is 18.8. The molecule has 2 aromatic carbocycles. The van der Waals surface area contributed by atoms with Crippen LogP contribution in [0, 0.1) is 5.82 Å². The standard InChI is InChI=1S/C25H22FN3O5S/c1-2-34-24(32)16-5-9-18(10-6-16)27-22(30)14-21-23(31)29(19-11-7-17(26)8-12-19)25(33)28(21)15-20-4-3-13-35-20/h3-13,21H,2,14-15H2,1H3,(H,27,30)/t21-/m0/s1. The molecule has 1 aromatic heterocycles. The maximum Gasteiger partial charge on any atom is 0.338 e. The van der Waals surface area contributed by atoms with Crippen LogP contribution in [0.25, 0.3) is 0 Å². The van der Waals surface area contributed by atoms with Gasteiger partial charge < -0.3 is 15.0 Å². The number of anilines is 2. The Morgan fingerprint density at radius 1 is 1.06 bits per heavy atom. The number of rotatable bonds is 8. The highest BCUT2D eigenvalue weighted by Gasteiger charge is 2.46. The summed E-state index contributed by atoms with van der Waals surface area (Å²) < 4.78 is 18.3. The number of nitrogens with zero attached hydrogens (tertiary/aromatic N) is 2. The second kappa shape index (κ2) is 10.5. The van der Waals surface area contributed by atoms with Crippen molar-refractivity contribution in [3.63, 3.8) is 0 Å². The van der Waals surface area contributed by atoms with Crippen LogP contribution in [0.3, 0.4) is 0 Å². The van der Waals surface area contributed by atoms with Crippen LogP contribution in [0.5, 0.6) is 0 Å². The number of halogens is 1. The minimum absolute atomic E-state index is 0.159. The number of hydrogen-bond acceptors (Lipinski definition) is 6. The van der Waals surface area contributed by atoms with Gasteiger partial charge in [0.2, 0.25) is 5.91 Å². The van der Waals surface area contributed by atoms with E-state index in [1.807, 2.05) is 17.5 Å². The third-order valence-electron chi connectivity index (χ3n) is 5.37. The summed E-state index contributed by atoms with van der Waals surface area (Å²) in [6.07, 6.45) is -0.271. The average molecular weight is 496 g/mol. The SMILES string of the molecule is CCOC(=O)c1ccc(NC(=O)C[C@H]2C(=O)N(c3ccc(F)cc3)C(=O)N2Cc2cccs2)cc1. The number of thiophene rings is 1. The first kappa shape index (κ1) is 24.1. The molecule has 180 valence electrons. The molecule has 0 unspecified atom stereocenters. The van der Waals surface area contributed by atoms with Crippen LogP contribution in [0.15, 0.2) is 66.0 Å². The van der Waals surface area contributed by atoms with Gasteiger partial charge in [0, 0.05) is 10.6 Å². The number of carbonyl (C=O) groups excluding carboxylic acids is 4. The number of amides is 4. The number of ether oxygens (including phenoxy) is 1. The summed E-state index contributed by atoms with van der Waals surface area (Å²) in [6, 6.07) is 13.3. The number of carbonyl (C=O) groups is 4. The largest absolute Gasteiger partial charge is 0.462 e. The molecule has 35 heavy (non-hydrogen) atoms. The first-order valence-corrected chi connectivity index (χ1v) is 11.7. The Labute approximate surface area is 204 Å². The molecule has 0 radical (unpaired) electrons. The molecule has 1 aliphatic heterocycles. The molecule has 4 rings (SSSR count). The fourth-order valence-electron chi connectivity index (χ4n) is 3.70. The van der Waals surface area contributed by atoms with Crippen LogP contribution in [0.4, 0.5) is 20.6 Å². The summed E-state index contributed by atoms with van der Waals surface area (Å²) in [7, 11) is 0. The number of nitrogens with one attached hydrogen (secondary N) is 1. The van der Waals surface area contributed by atoms with Crippen molar-refractivity contribution in [1.29, 1.82) is 0 Å². The number of urea groups is 1.